The maximum Gasteiger partial charge on any atom is 0.0537 e. The molecule has 2 aromatic carbocycles. The molecule has 2 aromatic rings. The monoisotopic (exact) mass is 270 g/mol. The molecule has 1 aliphatic heterocycles. The molecule has 0 aromatic heterocycles. The second kappa shape index (κ2) is 5.25. The molecule has 18 heavy (non-hydrogen) atoms. The SMILES string of the molecule is CCC(=C1Sc2ccccc2S1)c1ccccc1. The molecule has 0 saturated carbocycles. The summed E-state index contributed by atoms with van der Waals surface area (Å²) >= 11 is 3.81. The predicted octanol–water partition coefficient (Wildman–Crippen LogP) is 5.66. The summed E-state index contributed by atoms with van der Waals surface area (Å²) in [6, 6.07) is 19.4. The van der Waals surface area contributed by atoms with Crippen LogP contribution in [0.4, 0.5) is 0 Å². The van der Waals surface area contributed by atoms with Crippen molar-refractivity contribution in [3.63, 3.8) is 0 Å². The van der Waals surface area contributed by atoms with Gasteiger partial charge in [-0.15, -0.1) is 0 Å². The smallest absolute Gasteiger partial charge is 0.0537 e. The molecule has 0 unspecified atom stereocenters. The van der Waals surface area contributed by atoms with E-state index in [0.29, 0.717) is 0 Å². The summed E-state index contributed by atoms with van der Waals surface area (Å²) in [4.78, 5) is 2.78. The second-order valence-electron chi connectivity index (χ2n) is 4.14. The van der Waals surface area contributed by atoms with Gasteiger partial charge in [-0.25, -0.2) is 0 Å². The minimum atomic E-state index is 1.08. The van der Waals surface area contributed by atoms with E-state index in [1.165, 1.54) is 25.2 Å². The Hall–Kier alpha value is -1.12. The van der Waals surface area contributed by atoms with Crippen LogP contribution in [0, 0.1) is 0 Å². The van der Waals surface area contributed by atoms with Crippen LogP contribution in [-0.2, 0) is 0 Å². The van der Waals surface area contributed by atoms with Gasteiger partial charge in [0.05, 0.1) is 4.24 Å². The number of benzene rings is 2. The first-order valence-corrected chi connectivity index (χ1v) is 7.75. The van der Waals surface area contributed by atoms with Gasteiger partial charge in [0.2, 0.25) is 0 Å². The number of hydrogen-bond donors (Lipinski definition) is 0. The van der Waals surface area contributed by atoms with Gasteiger partial charge in [0.1, 0.15) is 0 Å². The van der Waals surface area contributed by atoms with Crippen molar-refractivity contribution in [3.05, 3.63) is 64.4 Å². The van der Waals surface area contributed by atoms with Gasteiger partial charge >= 0.3 is 0 Å². The van der Waals surface area contributed by atoms with Gasteiger partial charge in [0.25, 0.3) is 0 Å². The standard InChI is InChI=1S/C16H14S2/c1-2-13(12-8-4-3-5-9-12)16-17-14-10-6-7-11-15(14)18-16/h3-11H,2H2,1H3. The van der Waals surface area contributed by atoms with Gasteiger partial charge in [-0.05, 0) is 29.7 Å². The zero-order valence-electron chi connectivity index (χ0n) is 10.2. The van der Waals surface area contributed by atoms with Crippen LogP contribution in [0.25, 0.3) is 5.57 Å². The van der Waals surface area contributed by atoms with Crippen molar-refractivity contribution in [1.29, 1.82) is 0 Å². The molecule has 90 valence electrons. The number of thioether (sulfide) groups is 2. The normalized spacial score (nSPS) is 13.5. The van der Waals surface area contributed by atoms with Crippen molar-refractivity contribution in [2.75, 3.05) is 0 Å². The Bertz CT molecular complexity index is 558. The third-order valence-corrected chi connectivity index (χ3v) is 5.62. The molecule has 0 N–H and O–H groups in total. The first-order valence-electron chi connectivity index (χ1n) is 6.12. The lowest BCUT2D eigenvalue weighted by molar-refractivity contribution is 1.24. The molecular formula is C16H14S2. The van der Waals surface area contributed by atoms with Crippen LogP contribution in [-0.4, -0.2) is 0 Å². The Morgan fingerprint density at radius 3 is 1.94 bits per heavy atom. The fourth-order valence-electron chi connectivity index (χ4n) is 2.07. The Morgan fingerprint density at radius 1 is 0.833 bits per heavy atom. The summed E-state index contributed by atoms with van der Waals surface area (Å²) in [5, 5.41) is 0. The molecule has 0 bridgehead atoms. The fourth-order valence-corrected chi connectivity index (χ4v) is 4.82. The Kier molecular flexibility index (Phi) is 3.48. The lowest BCUT2D eigenvalue weighted by Gasteiger charge is -2.08. The highest BCUT2D eigenvalue weighted by molar-refractivity contribution is 8.25. The number of allylic oxidation sites excluding steroid dienone is 1. The molecule has 0 saturated heterocycles. The first kappa shape index (κ1) is 11.9. The number of fused-ring (bicyclic) bond motifs is 1. The first-order chi connectivity index (χ1) is 8.88. The van der Waals surface area contributed by atoms with Crippen LogP contribution in [0.2, 0.25) is 0 Å². The van der Waals surface area contributed by atoms with Crippen LogP contribution in [0.1, 0.15) is 18.9 Å². The van der Waals surface area contributed by atoms with Gasteiger partial charge in [-0.1, -0.05) is 72.9 Å². The Morgan fingerprint density at radius 2 is 1.39 bits per heavy atom. The minimum Gasteiger partial charge on any atom is -0.0812 e. The molecule has 0 amide bonds. The maximum absolute atomic E-state index is 2.24. The van der Waals surface area contributed by atoms with Crippen molar-refractivity contribution < 1.29 is 0 Å². The topological polar surface area (TPSA) is 0 Å². The van der Waals surface area contributed by atoms with E-state index in [9.17, 15) is 0 Å². The zero-order valence-corrected chi connectivity index (χ0v) is 11.9. The van der Waals surface area contributed by atoms with Gasteiger partial charge < -0.3 is 0 Å². The van der Waals surface area contributed by atoms with E-state index in [1.807, 2.05) is 23.5 Å². The summed E-state index contributed by atoms with van der Waals surface area (Å²) in [5.74, 6) is 0. The summed E-state index contributed by atoms with van der Waals surface area (Å²) in [6.07, 6.45) is 1.08. The predicted molar refractivity (Wildman–Crippen MR) is 81.8 cm³/mol. The van der Waals surface area contributed by atoms with Gasteiger partial charge in [-0.2, -0.15) is 0 Å². The van der Waals surface area contributed by atoms with Crippen LogP contribution in [0.5, 0.6) is 0 Å². The molecule has 0 aliphatic carbocycles. The maximum atomic E-state index is 2.24. The van der Waals surface area contributed by atoms with Crippen LogP contribution in [0.3, 0.4) is 0 Å². The largest absolute Gasteiger partial charge is 0.0812 e. The molecule has 0 atom stereocenters. The number of hydrogen-bond acceptors (Lipinski definition) is 2. The third kappa shape index (κ3) is 2.23. The highest BCUT2D eigenvalue weighted by Crippen LogP contribution is 2.53. The second-order valence-corrected chi connectivity index (χ2v) is 6.50. The lowest BCUT2D eigenvalue weighted by atomic mass is 10.1. The van der Waals surface area contributed by atoms with Crippen molar-refractivity contribution in [3.8, 4) is 0 Å². The van der Waals surface area contributed by atoms with Crippen molar-refractivity contribution in [1.82, 2.24) is 0 Å². The van der Waals surface area contributed by atoms with Crippen molar-refractivity contribution in [2.24, 2.45) is 0 Å². The van der Waals surface area contributed by atoms with E-state index in [2.05, 4.69) is 61.5 Å². The lowest BCUT2D eigenvalue weighted by Crippen LogP contribution is -1.83. The summed E-state index contributed by atoms with van der Waals surface area (Å²) in [5.41, 5.74) is 2.81. The molecule has 0 spiro atoms. The highest BCUT2D eigenvalue weighted by Gasteiger charge is 2.20. The van der Waals surface area contributed by atoms with E-state index in [0.717, 1.165) is 6.42 Å². The van der Waals surface area contributed by atoms with E-state index < -0.39 is 0 Å². The van der Waals surface area contributed by atoms with Gasteiger partial charge in [0, 0.05) is 9.79 Å². The molecule has 1 aliphatic rings. The minimum absolute atomic E-state index is 1.08. The van der Waals surface area contributed by atoms with Crippen molar-refractivity contribution >= 4 is 29.1 Å². The average Bonchev–Trinajstić information content (AvgIpc) is 2.84. The Labute approximate surface area is 116 Å². The quantitative estimate of drug-likeness (QED) is 0.690. The summed E-state index contributed by atoms with van der Waals surface area (Å²) in [7, 11) is 0. The van der Waals surface area contributed by atoms with E-state index in [4.69, 9.17) is 0 Å². The highest BCUT2D eigenvalue weighted by atomic mass is 32.2. The molecular weight excluding hydrogens is 256 g/mol. The van der Waals surface area contributed by atoms with Crippen LogP contribution in [0.15, 0.2) is 68.6 Å². The number of rotatable bonds is 2. The van der Waals surface area contributed by atoms with Crippen molar-refractivity contribution in [2.45, 2.75) is 23.1 Å². The molecule has 2 heteroatoms. The zero-order chi connectivity index (χ0) is 12.4. The van der Waals surface area contributed by atoms with E-state index in [-0.39, 0.29) is 0 Å². The molecule has 3 rings (SSSR count). The molecule has 0 nitrogen and oxygen atoms in total. The van der Waals surface area contributed by atoms with E-state index in [1.54, 1.807) is 0 Å². The van der Waals surface area contributed by atoms with Crippen LogP contribution >= 0.6 is 23.5 Å². The summed E-state index contributed by atoms with van der Waals surface area (Å²) < 4.78 is 1.44. The van der Waals surface area contributed by atoms with E-state index >= 15 is 0 Å². The Balaban J connectivity index is 2.01. The molecule has 0 fully saturated rings. The average molecular weight is 270 g/mol. The van der Waals surface area contributed by atoms with Gasteiger partial charge in [-0.3, -0.25) is 0 Å². The van der Waals surface area contributed by atoms with Crippen LogP contribution < -0.4 is 0 Å². The fraction of sp³-hybridized carbons (Fsp3) is 0.125. The molecule has 0 radical (unpaired) electrons. The summed E-state index contributed by atoms with van der Waals surface area (Å²) in [6.45, 7) is 2.24. The van der Waals surface area contributed by atoms with Gasteiger partial charge in [0.15, 0.2) is 0 Å². The third-order valence-electron chi connectivity index (χ3n) is 2.98. The molecule has 1 heterocycles.